The van der Waals surface area contributed by atoms with Gasteiger partial charge in [-0.1, -0.05) is 44.2 Å². The molecule has 0 radical (unpaired) electrons. The van der Waals surface area contributed by atoms with Gasteiger partial charge in [0.1, 0.15) is 16.7 Å². The maximum Gasteiger partial charge on any atom is 0.270 e. The molecular formula is C26H35N5O4S. The number of hydrogen-bond donors (Lipinski definition) is 3. The Labute approximate surface area is 215 Å². The maximum atomic E-state index is 14.0. The minimum absolute atomic E-state index is 0.0290. The smallest absolute Gasteiger partial charge is 0.270 e. The predicted molar refractivity (Wildman–Crippen MR) is 139 cm³/mol. The molecule has 1 aromatic heterocycles. The minimum atomic E-state index is -0.850. The van der Waals surface area contributed by atoms with Gasteiger partial charge in [0.05, 0.1) is 12.3 Å². The zero-order valence-corrected chi connectivity index (χ0v) is 21.5. The Morgan fingerprint density at radius 2 is 1.72 bits per heavy atom. The number of ether oxygens (including phenoxy) is 1. The van der Waals surface area contributed by atoms with E-state index in [1.165, 1.54) is 6.42 Å². The monoisotopic (exact) mass is 513 g/mol. The van der Waals surface area contributed by atoms with Crippen LogP contribution in [0.3, 0.4) is 0 Å². The first-order valence-electron chi connectivity index (χ1n) is 12.8. The summed E-state index contributed by atoms with van der Waals surface area (Å²) >= 11 is 0.850. The van der Waals surface area contributed by atoms with E-state index in [-0.39, 0.29) is 34.2 Å². The molecule has 2 aliphatic rings. The number of aromatic nitrogens is 1. The second-order valence-electron chi connectivity index (χ2n) is 9.54. The first-order valence-corrected chi connectivity index (χ1v) is 13.6. The van der Waals surface area contributed by atoms with E-state index in [0.717, 1.165) is 62.9 Å². The largest absolute Gasteiger partial charge is 0.494 e. The molecule has 10 heteroatoms. The number of benzene rings is 1. The topological polar surface area (TPSA) is 141 Å². The number of amides is 3. The maximum absolute atomic E-state index is 14.0. The van der Waals surface area contributed by atoms with Crippen molar-refractivity contribution < 1.29 is 19.1 Å². The van der Waals surface area contributed by atoms with Crippen molar-refractivity contribution in [3.8, 4) is 5.75 Å². The van der Waals surface area contributed by atoms with E-state index < -0.39 is 17.9 Å². The number of primary amides is 1. The lowest BCUT2D eigenvalue weighted by Crippen LogP contribution is -2.50. The molecule has 3 amide bonds. The summed E-state index contributed by atoms with van der Waals surface area (Å²) in [4.78, 5) is 41.5. The Morgan fingerprint density at radius 3 is 2.31 bits per heavy atom. The van der Waals surface area contributed by atoms with Gasteiger partial charge in [0.25, 0.3) is 11.8 Å². The Balaban J connectivity index is 1.74. The molecule has 0 aliphatic heterocycles. The third kappa shape index (κ3) is 5.64. The van der Waals surface area contributed by atoms with Crippen molar-refractivity contribution in [2.75, 3.05) is 12.3 Å². The SMILES string of the molecule is CCOc1ccc([C@H](C(=O)NC2CCCCC2)N(C(=O)c2snc(C(N)=O)c2N)C2CCCC2)cc1. The first-order chi connectivity index (χ1) is 17.4. The van der Waals surface area contributed by atoms with Gasteiger partial charge in [-0.25, -0.2) is 0 Å². The summed E-state index contributed by atoms with van der Waals surface area (Å²) in [7, 11) is 0. The highest BCUT2D eigenvalue weighted by atomic mass is 32.1. The molecule has 0 spiro atoms. The summed E-state index contributed by atoms with van der Waals surface area (Å²) in [5.74, 6) is -0.691. The van der Waals surface area contributed by atoms with Gasteiger partial charge in [-0.2, -0.15) is 4.37 Å². The molecule has 2 fully saturated rings. The molecule has 1 aromatic carbocycles. The summed E-state index contributed by atoms with van der Waals surface area (Å²) in [5, 5.41) is 3.22. The van der Waals surface area contributed by atoms with E-state index in [1.54, 1.807) is 4.90 Å². The Kier molecular flexibility index (Phi) is 8.45. The standard InChI is InChI=1S/C26H35N5O4S/c1-2-35-19-14-12-16(13-15-19)22(25(33)29-17-8-4-3-5-9-17)31(18-10-6-7-11-18)26(34)23-20(27)21(24(28)32)30-36-23/h12-15,17-18,22H,2-11,27H2,1H3,(H2,28,32)(H,29,33)/t22-/m1/s1. The van der Waals surface area contributed by atoms with E-state index in [4.69, 9.17) is 16.2 Å². The van der Waals surface area contributed by atoms with E-state index >= 15 is 0 Å². The van der Waals surface area contributed by atoms with Crippen LogP contribution in [0.25, 0.3) is 0 Å². The molecule has 2 aromatic rings. The third-order valence-corrected chi connectivity index (χ3v) is 7.94. The minimum Gasteiger partial charge on any atom is -0.494 e. The third-order valence-electron chi connectivity index (χ3n) is 7.09. The highest BCUT2D eigenvalue weighted by molar-refractivity contribution is 7.09. The Bertz CT molecular complexity index is 1070. The van der Waals surface area contributed by atoms with Crippen molar-refractivity contribution in [2.24, 2.45) is 5.73 Å². The molecule has 9 nitrogen and oxygen atoms in total. The van der Waals surface area contributed by atoms with Crippen LogP contribution in [0.4, 0.5) is 5.69 Å². The van der Waals surface area contributed by atoms with Gasteiger partial charge < -0.3 is 26.4 Å². The number of nitrogens with one attached hydrogen (secondary N) is 1. The number of carbonyl (C=O) groups is 3. The van der Waals surface area contributed by atoms with Crippen molar-refractivity contribution in [1.82, 2.24) is 14.6 Å². The highest BCUT2D eigenvalue weighted by Crippen LogP contribution is 2.36. The fourth-order valence-electron chi connectivity index (χ4n) is 5.30. The Morgan fingerprint density at radius 1 is 1.08 bits per heavy atom. The van der Waals surface area contributed by atoms with Crippen LogP contribution in [-0.2, 0) is 4.79 Å². The average Bonchev–Trinajstić information content (AvgIpc) is 3.53. The molecule has 2 saturated carbocycles. The Hall–Kier alpha value is -3.14. The number of anilines is 1. The van der Waals surface area contributed by atoms with Gasteiger partial charge in [0, 0.05) is 12.1 Å². The van der Waals surface area contributed by atoms with Gasteiger partial charge in [0.15, 0.2) is 5.69 Å². The van der Waals surface area contributed by atoms with Crippen LogP contribution in [0.5, 0.6) is 5.75 Å². The second kappa shape index (κ2) is 11.7. The molecule has 0 saturated heterocycles. The molecular weight excluding hydrogens is 478 g/mol. The number of rotatable bonds is 9. The van der Waals surface area contributed by atoms with Crippen molar-refractivity contribution in [2.45, 2.75) is 82.8 Å². The van der Waals surface area contributed by atoms with Crippen molar-refractivity contribution in [3.05, 3.63) is 40.4 Å². The van der Waals surface area contributed by atoms with Crippen molar-refractivity contribution >= 4 is 34.9 Å². The lowest BCUT2D eigenvalue weighted by molar-refractivity contribution is -0.127. The predicted octanol–water partition coefficient (Wildman–Crippen LogP) is 3.80. The summed E-state index contributed by atoms with van der Waals surface area (Å²) < 4.78 is 9.62. The summed E-state index contributed by atoms with van der Waals surface area (Å²) in [6.45, 7) is 2.44. The van der Waals surface area contributed by atoms with Gasteiger partial charge in [0.2, 0.25) is 5.91 Å². The lowest BCUT2D eigenvalue weighted by Gasteiger charge is -2.37. The zero-order valence-electron chi connectivity index (χ0n) is 20.7. The molecule has 194 valence electrons. The van der Waals surface area contributed by atoms with Crippen LogP contribution in [0.15, 0.2) is 24.3 Å². The summed E-state index contributed by atoms with van der Waals surface area (Å²) in [5.41, 5.74) is 12.1. The van der Waals surface area contributed by atoms with Crippen molar-refractivity contribution in [3.63, 3.8) is 0 Å². The zero-order chi connectivity index (χ0) is 25.7. The van der Waals surface area contributed by atoms with Crippen LogP contribution in [0.2, 0.25) is 0 Å². The lowest BCUT2D eigenvalue weighted by atomic mass is 9.94. The number of hydrogen-bond acceptors (Lipinski definition) is 7. The molecule has 0 bridgehead atoms. The second-order valence-corrected chi connectivity index (χ2v) is 10.3. The first kappa shape index (κ1) is 25.9. The number of nitrogens with two attached hydrogens (primary N) is 2. The van der Waals surface area contributed by atoms with E-state index in [2.05, 4.69) is 9.69 Å². The normalized spacial score (nSPS) is 17.5. The molecule has 36 heavy (non-hydrogen) atoms. The van der Waals surface area contributed by atoms with Gasteiger partial charge in [-0.15, -0.1) is 0 Å². The summed E-state index contributed by atoms with van der Waals surface area (Å²) in [6.07, 6.45) is 8.72. The molecule has 2 aliphatic carbocycles. The molecule has 1 heterocycles. The van der Waals surface area contributed by atoms with Gasteiger partial charge >= 0.3 is 0 Å². The van der Waals surface area contributed by atoms with E-state index in [0.29, 0.717) is 17.9 Å². The van der Waals surface area contributed by atoms with Gasteiger partial charge in [-0.05, 0) is 61.8 Å². The average molecular weight is 514 g/mol. The van der Waals surface area contributed by atoms with Crippen LogP contribution in [-0.4, -0.2) is 45.7 Å². The summed E-state index contributed by atoms with van der Waals surface area (Å²) in [6, 6.07) is 6.44. The fraction of sp³-hybridized carbons (Fsp3) is 0.538. The fourth-order valence-corrected chi connectivity index (χ4v) is 6.05. The van der Waals surface area contributed by atoms with Crippen LogP contribution >= 0.6 is 11.5 Å². The number of nitrogen functional groups attached to an aromatic ring is 1. The molecule has 4 rings (SSSR count). The van der Waals surface area contributed by atoms with Crippen LogP contribution in [0, 0.1) is 0 Å². The van der Waals surface area contributed by atoms with Crippen LogP contribution < -0.4 is 21.5 Å². The van der Waals surface area contributed by atoms with Crippen LogP contribution in [0.1, 0.15) is 96.5 Å². The van der Waals surface area contributed by atoms with Gasteiger partial charge in [-0.3, -0.25) is 14.4 Å². The molecule has 5 N–H and O–H groups in total. The molecule has 1 atom stereocenters. The quantitative estimate of drug-likeness (QED) is 0.466. The number of carbonyl (C=O) groups excluding carboxylic acids is 3. The van der Waals surface area contributed by atoms with E-state index in [1.807, 2.05) is 31.2 Å². The highest BCUT2D eigenvalue weighted by Gasteiger charge is 2.40. The number of nitrogens with zero attached hydrogens (tertiary/aromatic N) is 2. The van der Waals surface area contributed by atoms with E-state index in [9.17, 15) is 14.4 Å². The molecule has 0 unspecified atom stereocenters. The van der Waals surface area contributed by atoms with Crippen molar-refractivity contribution in [1.29, 1.82) is 0 Å².